The first kappa shape index (κ1) is 26.4. The molecule has 0 bridgehead atoms. The summed E-state index contributed by atoms with van der Waals surface area (Å²) in [6, 6.07) is 13.4. The first-order chi connectivity index (χ1) is 16.1. The van der Waals surface area contributed by atoms with Crippen molar-refractivity contribution in [2.24, 2.45) is 0 Å². The molecule has 0 saturated carbocycles. The van der Waals surface area contributed by atoms with Crippen LogP contribution in [0.15, 0.2) is 48.5 Å². The van der Waals surface area contributed by atoms with Gasteiger partial charge in [0.1, 0.15) is 0 Å². The first-order valence-electron chi connectivity index (χ1n) is 10.3. The molecule has 0 aliphatic rings. The number of halogens is 2. The third-order valence-corrected chi connectivity index (χ3v) is 5.25. The summed E-state index contributed by atoms with van der Waals surface area (Å²) in [7, 11) is 2.60. The van der Waals surface area contributed by atoms with Gasteiger partial charge in [0, 0.05) is 37.3 Å². The van der Waals surface area contributed by atoms with E-state index in [0.29, 0.717) is 12.1 Å². The van der Waals surface area contributed by atoms with Crippen LogP contribution in [0.5, 0.6) is 0 Å². The minimum atomic E-state index is -2.40. The van der Waals surface area contributed by atoms with E-state index in [0.717, 1.165) is 16.0 Å². The normalized spacial score (nSPS) is 12.2. The number of amides is 3. The molecule has 0 spiro atoms. The van der Waals surface area contributed by atoms with Crippen molar-refractivity contribution in [2.45, 2.75) is 25.4 Å². The number of rotatable bonds is 8. The van der Waals surface area contributed by atoms with E-state index in [1.165, 1.54) is 38.6 Å². The molecule has 0 radical (unpaired) electrons. The van der Waals surface area contributed by atoms with E-state index < -0.39 is 29.7 Å². The Balaban J connectivity index is 2.11. The summed E-state index contributed by atoms with van der Waals surface area (Å²) in [5, 5.41) is 14.0. The monoisotopic (exact) mass is 472 g/mol. The molecule has 0 aromatic heterocycles. The van der Waals surface area contributed by atoms with E-state index >= 15 is 0 Å². The molecule has 10 heteroatoms. The molecule has 2 rings (SSSR count). The van der Waals surface area contributed by atoms with Gasteiger partial charge in [-0.1, -0.05) is 24.0 Å². The SMILES string of the molecule is CNC(=O)C(C)(C(=O)NO)N(C)C(=O)c1ccc(C#Cc2ccc(CNCC(F)F)cc2)cc1. The molecule has 2 aromatic rings. The standard InChI is InChI=1S/C24H26F2N4O4/c1-24(22(32)27-2,23(33)29-34)30(3)21(31)19-12-10-17(11-13-19)5-4-16-6-8-18(9-7-16)14-28-15-20(25)26/h6-13,20,28,34H,14-15H2,1-3H3,(H,27,32)(H,29,33). The van der Waals surface area contributed by atoms with Crippen molar-refractivity contribution in [1.82, 2.24) is 21.0 Å². The van der Waals surface area contributed by atoms with Crippen molar-refractivity contribution in [2.75, 3.05) is 20.6 Å². The first-order valence-corrected chi connectivity index (χ1v) is 10.3. The lowest BCUT2D eigenvalue weighted by molar-refractivity contribution is -0.148. The Morgan fingerprint density at radius 2 is 1.53 bits per heavy atom. The predicted molar refractivity (Wildman–Crippen MR) is 121 cm³/mol. The Labute approximate surface area is 196 Å². The maximum atomic E-state index is 12.9. The maximum Gasteiger partial charge on any atom is 0.278 e. The van der Waals surface area contributed by atoms with Gasteiger partial charge in [0.2, 0.25) is 0 Å². The van der Waals surface area contributed by atoms with Gasteiger partial charge >= 0.3 is 0 Å². The van der Waals surface area contributed by atoms with Crippen molar-refractivity contribution in [3.05, 3.63) is 70.8 Å². The van der Waals surface area contributed by atoms with Crippen molar-refractivity contribution in [3.63, 3.8) is 0 Å². The van der Waals surface area contributed by atoms with Crippen LogP contribution in [0.4, 0.5) is 8.78 Å². The van der Waals surface area contributed by atoms with E-state index in [9.17, 15) is 23.2 Å². The van der Waals surface area contributed by atoms with E-state index in [1.807, 2.05) is 0 Å². The molecule has 2 aromatic carbocycles. The number of hydrogen-bond acceptors (Lipinski definition) is 5. The number of hydroxylamine groups is 1. The summed E-state index contributed by atoms with van der Waals surface area (Å²) < 4.78 is 24.3. The minimum Gasteiger partial charge on any atom is -0.357 e. The van der Waals surface area contributed by atoms with Crippen LogP contribution >= 0.6 is 0 Å². The average Bonchev–Trinajstić information content (AvgIpc) is 2.85. The molecular formula is C24H26F2N4O4. The van der Waals surface area contributed by atoms with E-state index in [-0.39, 0.29) is 12.1 Å². The van der Waals surface area contributed by atoms with Gasteiger partial charge < -0.3 is 15.5 Å². The third kappa shape index (κ3) is 6.37. The van der Waals surface area contributed by atoms with Crippen LogP contribution in [0, 0.1) is 11.8 Å². The van der Waals surface area contributed by atoms with Crippen LogP contribution in [-0.4, -0.2) is 60.4 Å². The van der Waals surface area contributed by atoms with Gasteiger partial charge in [-0.15, -0.1) is 0 Å². The van der Waals surface area contributed by atoms with Gasteiger partial charge in [-0.25, -0.2) is 14.3 Å². The molecule has 0 fully saturated rings. The predicted octanol–water partition coefficient (Wildman–Crippen LogP) is 1.52. The summed E-state index contributed by atoms with van der Waals surface area (Å²) >= 11 is 0. The lowest BCUT2D eigenvalue weighted by atomic mass is 9.96. The highest BCUT2D eigenvalue weighted by atomic mass is 19.3. The van der Waals surface area contributed by atoms with Gasteiger partial charge in [0.25, 0.3) is 24.1 Å². The number of carbonyl (C=O) groups is 3. The summed E-state index contributed by atoms with van der Waals surface area (Å²) in [5.41, 5.74) is 1.88. The zero-order chi connectivity index (χ0) is 25.3. The third-order valence-electron chi connectivity index (χ3n) is 5.25. The quantitative estimate of drug-likeness (QED) is 0.202. The van der Waals surface area contributed by atoms with Crippen LogP contribution in [-0.2, 0) is 16.1 Å². The van der Waals surface area contributed by atoms with Gasteiger partial charge in [-0.2, -0.15) is 0 Å². The number of nitrogens with zero attached hydrogens (tertiary/aromatic N) is 1. The van der Waals surface area contributed by atoms with Gasteiger partial charge in [0.15, 0.2) is 5.54 Å². The van der Waals surface area contributed by atoms with E-state index in [2.05, 4.69) is 22.5 Å². The zero-order valence-electron chi connectivity index (χ0n) is 19.0. The molecular weight excluding hydrogens is 446 g/mol. The summed E-state index contributed by atoms with van der Waals surface area (Å²) in [5.74, 6) is 3.52. The van der Waals surface area contributed by atoms with Crippen LogP contribution in [0.2, 0.25) is 0 Å². The topological polar surface area (TPSA) is 111 Å². The second kappa shape index (κ2) is 11.9. The molecule has 180 valence electrons. The largest absolute Gasteiger partial charge is 0.357 e. The fourth-order valence-electron chi connectivity index (χ4n) is 3.03. The lowest BCUT2D eigenvalue weighted by Gasteiger charge is -2.34. The lowest BCUT2D eigenvalue weighted by Crippen LogP contribution is -2.64. The Hall–Kier alpha value is -3.81. The van der Waals surface area contributed by atoms with Crippen molar-refractivity contribution in [3.8, 4) is 11.8 Å². The van der Waals surface area contributed by atoms with E-state index in [4.69, 9.17) is 5.21 Å². The average molecular weight is 472 g/mol. The van der Waals surface area contributed by atoms with Crippen LogP contribution in [0.1, 0.15) is 34.0 Å². The highest BCUT2D eigenvalue weighted by molar-refractivity contribution is 6.12. The number of alkyl halides is 2. The van der Waals surface area contributed by atoms with Crippen molar-refractivity contribution < 1.29 is 28.4 Å². The summed E-state index contributed by atoms with van der Waals surface area (Å²) in [4.78, 5) is 38.2. The molecule has 0 aliphatic carbocycles. The Morgan fingerprint density at radius 1 is 1.00 bits per heavy atom. The Kier molecular flexibility index (Phi) is 9.24. The second-order valence-corrected chi connectivity index (χ2v) is 7.50. The smallest absolute Gasteiger partial charge is 0.278 e. The number of likely N-dealkylation sites (N-methyl/N-ethyl adjacent to an activating group) is 2. The highest BCUT2D eigenvalue weighted by Gasteiger charge is 2.47. The van der Waals surface area contributed by atoms with Crippen molar-refractivity contribution >= 4 is 17.7 Å². The van der Waals surface area contributed by atoms with Crippen LogP contribution in [0.25, 0.3) is 0 Å². The summed E-state index contributed by atoms with van der Waals surface area (Å²) in [6.45, 7) is 1.19. The van der Waals surface area contributed by atoms with Crippen molar-refractivity contribution in [1.29, 1.82) is 0 Å². The number of carbonyl (C=O) groups excluding carboxylic acids is 3. The molecule has 0 aliphatic heterocycles. The number of nitrogens with one attached hydrogen (secondary N) is 3. The number of benzene rings is 2. The number of hydrogen-bond donors (Lipinski definition) is 4. The summed E-state index contributed by atoms with van der Waals surface area (Å²) in [6.07, 6.45) is -2.40. The molecule has 0 saturated heterocycles. The Morgan fingerprint density at radius 3 is 2.00 bits per heavy atom. The Bertz CT molecular complexity index is 1060. The van der Waals surface area contributed by atoms with E-state index in [1.54, 1.807) is 36.4 Å². The molecule has 1 atom stereocenters. The molecule has 34 heavy (non-hydrogen) atoms. The fraction of sp³-hybridized carbons (Fsp3) is 0.292. The zero-order valence-corrected chi connectivity index (χ0v) is 19.0. The second-order valence-electron chi connectivity index (χ2n) is 7.50. The van der Waals surface area contributed by atoms with Gasteiger partial charge in [-0.3, -0.25) is 19.6 Å². The highest BCUT2D eigenvalue weighted by Crippen LogP contribution is 2.18. The molecule has 1 unspecified atom stereocenters. The maximum absolute atomic E-state index is 12.9. The molecule has 4 N–H and O–H groups in total. The minimum absolute atomic E-state index is 0.217. The molecule has 0 heterocycles. The van der Waals surface area contributed by atoms with Crippen LogP contribution in [0.3, 0.4) is 0 Å². The van der Waals surface area contributed by atoms with Gasteiger partial charge in [0.05, 0.1) is 6.54 Å². The fourth-order valence-corrected chi connectivity index (χ4v) is 3.03. The van der Waals surface area contributed by atoms with Gasteiger partial charge in [-0.05, 0) is 48.9 Å². The van der Waals surface area contributed by atoms with Crippen LogP contribution < -0.4 is 16.1 Å². The molecule has 8 nitrogen and oxygen atoms in total. The molecule has 3 amide bonds.